The van der Waals surface area contributed by atoms with Gasteiger partial charge < -0.3 is 5.32 Å². The van der Waals surface area contributed by atoms with Crippen LogP contribution in [0.3, 0.4) is 0 Å². The Balaban J connectivity index is 1.80. The predicted molar refractivity (Wildman–Crippen MR) is 95.3 cm³/mol. The number of carbonyl (C=O) groups excluding carboxylic acids is 1. The zero-order valence-electron chi connectivity index (χ0n) is 14.1. The summed E-state index contributed by atoms with van der Waals surface area (Å²) in [7, 11) is 0. The van der Waals surface area contributed by atoms with Crippen molar-refractivity contribution in [2.45, 2.75) is 26.8 Å². The molecule has 1 N–H and O–H groups in total. The lowest BCUT2D eigenvalue weighted by Gasteiger charge is -2.07. The van der Waals surface area contributed by atoms with Gasteiger partial charge in [0.05, 0.1) is 11.3 Å². The van der Waals surface area contributed by atoms with E-state index in [0.29, 0.717) is 28.6 Å². The molecule has 3 aromatic rings. The average Bonchev–Trinajstić information content (AvgIpc) is 3.21. The number of aromatic nitrogens is 3. The molecule has 2 heterocycles. The number of thiazole rings is 1. The molecule has 0 aliphatic heterocycles. The molecular weight excluding hydrogens is 339 g/mol. The number of hydrogen-bond donors (Lipinski definition) is 1. The van der Waals surface area contributed by atoms with Gasteiger partial charge in [-0.1, -0.05) is 26.0 Å². The summed E-state index contributed by atoms with van der Waals surface area (Å²) in [5.74, 6) is -0.166. The van der Waals surface area contributed by atoms with E-state index in [9.17, 15) is 9.18 Å². The molecule has 0 radical (unpaired) electrons. The number of nitrogens with zero attached hydrogens (tertiary/aromatic N) is 3. The fourth-order valence-corrected chi connectivity index (χ4v) is 3.05. The van der Waals surface area contributed by atoms with Crippen LogP contribution in [0.1, 0.15) is 35.5 Å². The predicted octanol–water partition coefficient (Wildman–Crippen LogP) is 3.60. The quantitative estimate of drug-likeness (QED) is 0.732. The molecule has 0 saturated heterocycles. The minimum absolute atomic E-state index is 0.220. The monoisotopic (exact) mass is 358 g/mol. The zero-order valence-corrected chi connectivity index (χ0v) is 14.9. The third-order valence-corrected chi connectivity index (χ3v) is 4.36. The molecule has 7 heteroatoms. The van der Waals surface area contributed by atoms with Gasteiger partial charge in [0, 0.05) is 24.3 Å². The molecule has 0 fully saturated rings. The number of benzene rings is 1. The van der Waals surface area contributed by atoms with Gasteiger partial charge in [0.2, 0.25) is 5.13 Å². The molecule has 0 saturated carbocycles. The van der Waals surface area contributed by atoms with E-state index in [1.54, 1.807) is 29.2 Å². The minimum Gasteiger partial charge on any atom is -0.348 e. The molecule has 25 heavy (non-hydrogen) atoms. The average molecular weight is 358 g/mol. The van der Waals surface area contributed by atoms with Gasteiger partial charge in [-0.15, -0.1) is 11.3 Å². The lowest BCUT2D eigenvalue weighted by atomic mass is 10.0. The topological polar surface area (TPSA) is 59.8 Å². The van der Waals surface area contributed by atoms with Crippen molar-refractivity contribution in [3.8, 4) is 5.13 Å². The molecule has 2 aromatic heterocycles. The van der Waals surface area contributed by atoms with Crippen LogP contribution >= 0.6 is 11.3 Å². The zero-order chi connectivity index (χ0) is 17.8. The van der Waals surface area contributed by atoms with Gasteiger partial charge in [-0.3, -0.25) is 4.79 Å². The van der Waals surface area contributed by atoms with E-state index in [2.05, 4.69) is 29.2 Å². The van der Waals surface area contributed by atoms with E-state index >= 15 is 0 Å². The third kappa shape index (κ3) is 4.30. The Bertz CT molecular complexity index is 858. The molecule has 5 nitrogen and oxygen atoms in total. The van der Waals surface area contributed by atoms with Crippen molar-refractivity contribution < 1.29 is 9.18 Å². The molecule has 0 aliphatic carbocycles. The van der Waals surface area contributed by atoms with E-state index in [4.69, 9.17) is 0 Å². The van der Waals surface area contributed by atoms with E-state index in [1.165, 1.54) is 23.5 Å². The SMILES string of the molecule is CC(C)Cc1nn(-c2nccs2)cc1C(=O)NCc1cccc(F)c1. The summed E-state index contributed by atoms with van der Waals surface area (Å²) >= 11 is 1.46. The molecule has 0 unspecified atom stereocenters. The maximum absolute atomic E-state index is 13.3. The second kappa shape index (κ2) is 7.57. The van der Waals surface area contributed by atoms with Crippen molar-refractivity contribution in [3.05, 3.63) is 64.7 Å². The summed E-state index contributed by atoms with van der Waals surface area (Å²) in [6.07, 6.45) is 4.10. The minimum atomic E-state index is -0.316. The van der Waals surface area contributed by atoms with Crippen LogP contribution in [-0.2, 0) is 13.0 Å². The van der Waals surface area contributed by atoms with Crippen LogP contribution in [0, 0.1) is 11.7 Å². The highest BCUT2D eigenvalue weighted by molar-refractivity contribution is 7.12. The maximum Gasteiger partial charge on any atom is 0.255 e. The first-order chi connectivity index (χ1) is 12.0. The number of carbonyl (C=O) groups is 1. The molecule has 1 aromatic carbocycles. The van der Waals surface area contributed by atoms with Gasteiger partial charge in [0.1, 0.15) is 5.82 Å². The Morgan fingerprint density at radius 1 is 1.40 bits per heavy atom. The van der Waals surface area contributed by atoms with Crippen LogP contribution < -0.4 is 5.32 Å². The van der Waals surface area contributed by atoms with E-state index < -0.39 is 0 Å². The number of hydrogen-bond acceptors (Lipinski definition) is 4. The van der Waals surface area contributed by atoms with Crippen molar-refractivity contribution in [3.63, 3.8) is 0 Å². The highest BCUT2D eigenvalue weighted by Crippen LogP contribution is 2.17. The van der Waals surface area contributed by atoms with Gasteiger partial charge >= 0.3 is 0 Å². The van der Waals surface area contributed by atoms with Crippen molar-refractivity contribution in [2.24, 2.45) is 5.92 Å². The molecular formula is C18H19FN4OS. The first-order valence-electron chi connectivity index (χ1n) is 8.04. The fourth-order valence-electron chi connectivity index (χ4n) is 2.49. The Labute approximate surface area is 149 Å². The van der Waals surface area contributed by atoms with E-state index in [1.807, 2.05) is 5.38 Å². The van der Waals surface area contributed by atoms with Crippen molar-refractivity contribution in [1.82, 2.24) is 20.1 Å². The fraction of sp³-hybridized carbons (Fsp3) is 0.278. The second-order valence-electron chi connectivity index (χ2n) is 6.16. The van der Waals surface area contributed by atoms with Crippen molar-refractivity contribution in [2.75, 3.05) is 0 Å². The molecule has 0 aliphatic rings. The highest BCUT2D eigenvalue weighted by atomic mass is 32.1. The normalized spacial score (nSPS) is 11.0. The summed E-state index contributed by atoms with van der Waals surface area (Å²) < 4.78 is 14.9. The van der Waals surface area contributed by atoms with Crippen LogP contribution in [0.25, 0.3) is 5.13 Å². The largest absolute Gasteiger partial charge is 0.348 e. The van der Waals surface area contributed by atoms with E-state index in [-0.39, 0.29) is 18.3 Å². The van der Waals surface area contributed by atoms with Crippen LogP contribution in [-0.4, -0.2) is 20.7 Å². The second-order valence-corrected chi connectivity index (χ2v) is 7.03. The number of nitrogens with one attached hydrogen (secondary N) is 1. The van der Waals surface area contributed by atoms with Crippen LogP contribution in [0.2, 0.25) is 0 Å². The molecule has 0 bridgehead atoms. The van der Waals surface area contributed by atoms with Crippen LogP contribution in [0.15, 0.2) is 42.0 Å². The summed E-state index contributed by atoms with van der Waals surface area (Å²) in [5.41, 5.74) is 1.98. The highest BCUT2D eigenvalue weighted by Gasteiger charge is 2.18. The number of halogens is 1. The first-order valence-corrected chi connectivity index (χ1v) is 8.92. The smallest absolute Gasteiger partial charge is 0.255 e. The molecule has 0 atom stereocenters. The summed E-state index contributed by atoms with van der Waals surface area (Å²) in [6, 6.07) is 6.19. The lowest BCUT2D eigenvalue weighted by molar-refractivity contribution is 0.0949. The lowest BCUT2D eigenvalue weighted by Crippen LogP contribution is -2.23. The maximum atomic E-state index is 13.3. The number of amides is 1. The van der Waals surface area contributed by atoms with Crippen molar-refractivity contribution in [1.29, 1.82) is 0 Å². The van der Waals surface area contributed by atoms with Gasteiger partial charge in [-0.05, 0) is 30.0 Å². The summed E-state index contributed by atoms with van der Waals surface area (Å²) in [5, 5.41) is 9.95. The Hall–Kier alpha value is -2.54. The number of rotatable bonds is 6. The Morgan fingerprint density at radius 2 is 2.24 bits per heavy atom. The van der Waals surface area contributed by atoms with Crippen LogP contribution in [0.5, 0.6) is 0 Å². The standard InChI is InChI=1S/C18H19FN4OS/c1-12(2)8-16-15(11-23(22-16)18-20-6-7-25-18)17(24)21-10-13-4-3-5-14(19)9-13/h3-7,9,11-12H,8,10H2,1-2H3,(H,21,24). The summed E-state index contributed by atoms with van der Waals surface area (Å²) in [4.78, 5) is 16.8. The van der Waals surface area contributed by atoms with Gasteiger partial charge in [0.25, 0.3) is 5.91 Å². The molecule has 1 amide bonds. The van der Waals surface area contributed by atoms with Crippen molar-refractivity contribution >= 4 is 17.2 Å². The Morgan fingerprint density at radius 3 is 2.92 bits per heavy atom. The first kappa shape index (κ1) is 17.3. The van der Waals surface area contributed by atoms with Crippen LogP contribution in [0.4, 0.5) is 4.39 Å². The Kier molecular flexibility index (Phi) is 5.23. The molecule has 3 rings (SSSR count). The van der Waals surface area contributed by atoms with E-state index in [0.717, 1.165) is 5.69 Å². The molecule has 0 spiro atoms. The molecule has 130 valence electrons. The van der Waals surface area contributed by atoms with Gasteiger partial charge in [-0.2, -0.15) is 5.10 Å². The van der Waals surface area contributed by atoms with Gasteiger partial charge in [-0.25, -0.2) is 14.1 Å². The van der Waals surface area contributed by atoms with Gasteiger partial charge in [0.15, 0.2) is 0 Å². The summed E-state index contributed by atoms with van der Waals surface area (Å²) in [6.45, 7) is 4.42. The third-order valence-electron chi connectivity index (χ3n) is 3.59.